The number of likely N-dealkylation sites (tertiary alicyclic amines) is 1. The molecule has 2 rings (SSSR count). The van der Waals surface area contributed by atoms with Crippen LogP contribution in [0.25, 0.3) is 0 Å². The average molecular weight is 316 g/mol. The Kier molecular flexibility index (Phi) is 5.21. The Hall–Kier alpha value is -2.14. The summed E-state index contributed by atoms with van der Waals surface area (Å²) in [4.78, 5) is 27.2. The van der Waals surface area contributed by atoms with Gasteiger partial charge in [-0.15, -0.1) is 0 Å². The summed E-state index contributed by atoms with van der Waals surface area (Å²) in [5.74, 6) is -0.608. The Bertz CT molecular complexity index is 597. The minimum absolute atomic E-state index is 0.0236. The maximum Gasteiger partial charge on any atom is 0.256 e. The molecule has 2 amide bonds. The highest BCUT2D eigenvalue weighted by atomic mass is 16.3. The van der Waals surface area contributed by atoms with Crippen molar-refractivity contribution in [1.29, 1.82) is 0 Å². The minimum Gasteiger partial charge on any atom is -0.378 e. The van der Waals surface area contributed by atoms with Crippen LogP contribution in [0.1, 0.15) is 24.5 Å². The predicted octanol–water partition coefficient (Wildman–Crippen LogP) is 1.36. The summed E-state index contributed by atoms with van der Waals surface area (Å²) in [6, 6.07) is 8.08. The highest BCUT2D eigenvalue weighted by Crippen LogP contribution is 2.24. The van der Waals surface area contributed by atoms with Crippen LogP contribution in [0.4, 0.5) is 0 Å². The minimum atomic E-state index is -1.50. The van der Waals surface area contributed by atoms with Gasteiger partial charge in [-0.05, 0) is 23.6 Å². The normalized spacial score (nSPS) is 20.4. The van der Waals surface area contributed by atoms with Gasteiger partial charge in [0.25, 0.3) is 5.91 Å². The molecule has 1 atom stereocenters. The van der Waals surface area contributed by atoms with Crippen molar-refractivity contribution in [3.05, 3.63) is 48.0 Å². The van der Waals surface area contributed by atoms with Crippen LogP contribution >= 0.6 is 0 Å². The first-order valence-corrected chi connectivity index (χ1v) is 7.86. The summed E-state index contributed by atoms with van der Waals surface area (Å²) < 4.78 is 0. The molecule has 1 aromatic rings. The van der Waals surface area contributed by atoms with Crippen LogP contribution in [0.15, 0.2) is 36.9 Å². The molecule has 0 bridgehead atoms. The molecule has 1 fully saturated rings. The summed E-state index contributed by atoms with van der Waals surface area (Å²) in [6.07, 6.45) is 2.43. The molecule has 0 radical (unpaired) electrons. The fourth-order valence-electron chi connectivity index (χ4n) is 2.87. The van der Waals surface area contributed by atoms with Gasteiger partial charge >= 0.3 is 0 Å². The first-order valence-electron chi connectivity index (χ1n) is 7.86. The molecule has 0 aliphatic carbocycles. The van der Waals surface area contributed by atoms with Crippen LogP contribution in [-0.2, 0) is 22.6 Å². The van der Waals surface area contributed by atoms with E-state index < -0.39 is 5.60 Å². The van der Waals surface area contributed by atoms with Gasteiger partial charge in [0.2, 0.25) is 5.91 Å². The molecule has 124 valence electrons. The summed E-state index contributed by atoms with van der Waals surface area (Å²) in [6.45, 7) is 6.35. The lowest BCUT2D eigenvalue weighted by Gasteiger charge is -2.28. The first-order chi connectivity index (χ1) is 10.9. The van der Waals surface area contributed by atoms with Gasteiger partial charge in [-0.25, -0.2) is 0 Å². The number of aryl methyl sites for hydroxylation is 1. The Morgan fingerprint density at radius 2 is 1.96 bits per heavy atom. The highest BCUT2D eigenvalue weighted by Gasteiger charge is 2.45. The van der Waals surface area contributed by atoms with Gasteiger partial charge in [0.15, 0.2) is 5.60 Å². The lowest BCUT2D eigenvalue weighted by atomic mass is 10.0. The summed E-state index contributed by atoms with van der Waals surface area (Å²) in [5, 5.41) is 10.6. The number of aliphatic hydroxyl groups is 1. The maximum atomic E-state index is 12.6. The summed E-state index contributed by atoms with van der Waals surface area (Å²) in [5.41, 5.74) is 0.756. The Morgan fingerprint density at radius 1 is 1.35 bits per heavy atom. The number of rotatable bonds is 5. The van der Waals surface area contributed by atoms with Gasteiger partial charge in [0.1, 0.15) is 0 Å². The van der Waals surface area contributed by atoms with E-state index in [1.54, 1.807) is 7.05 Å². The molecule has 0 spiro atoms. The predicted molar refractivity (Wildman–Crippen MR) is 88.6 cm³/mol. The molecule has 5 heteroatoms. The van der Waals surface area contributed by atoms with Gasteiger partial charge in [-0.1, -0.05) is 37.8 Å². The number of nitrogens with zero attached hydrogens (tertiary/aromatic N) is 2. The van der Waals surface area contributed by atoms with Crippen molar-refractivity contribution in [1.82, 2.24) is 9.80 Å². The van der Waals surface area contributed by atoms with Gasteiger partial charge in [0, 0.05) is 26.6 Å². The van der Waals surface area contributed by atoms with Crippen molar-refractivity contribution in [3.63, 3.8) is 0 Å². The number of amides is 2. The Balaban J connectivity index is 2.01. The zero-order valence-corrected chi connectivity index (χ0v) is 13.8. The number of likely N-dealkylation sites (N-methyl/N-ethyl adjacent to an activating group) is 1. The summed E-state index contributed by atoms with van der Waals surface area (Å²) >= 11 is 0. The largest absolute Gasteiger partial charge is 0.378 e. The van der Waals surface area contributed by atoms with Crippen LogP contribution in [-0.4, -0.2) is 52.5 Å². The van der Waals surface area contributed by atoms with Gasteiger partial charge in [-0.2, -0.15) is 0 Å². The van der Waals surface area contributed by atoms with E-state index >= 15 is 0 Å². The third-order valence-electron chi connectivity index (χ3n) is 4.33. The molecule has 1 N–H and O–H groups in total. The number of carbonyl (C=O) groups excluding carboxylic acids is 2. The molecule has 1 saturated heterocycles. The zero-order valence-electron chi connectivity index (χ0n) is 13.8. The van der Waals surface area contributed by atoms with E-state index in [2.05, 4.69) is 13.5 Å². The SMILES string of the molecule is C=CC(=O)N1CCC(O)(C(=O)N(C)Cc2ccc(CC)cc2)C1. The number of carbonyl (C=O) groups is 2. The molecular weight excluding hydrogens is 292 g/mol. The standard InChI is InChI=1S/C18H24N2O3/c1-4-14-6-8-15(9-7-14)12-19(3)17(22)18(23)10-11-20(13-18)16(21)5-2/h5-9,23H,2,4,10-13H2,1,3H3. The van der Waals surface area contributed by atoms with E-state index in [1.165, 1.54) is 21.4 Å². The lowest BCUT2D eigenvalue weighted by molar-refractivity contribution is -0.149. The van der Waals surface area contributed by atoms with Crippen molar-refractivity contribution >= 4 is 11.8 Å². The molecule has 1 unspecified atom stereocenters. The molecular formula is C18H24N2O3. The second-order valence-corrected chi connectivity index (χ2v) is 6.08. The van der Waals surface area contributed by atoms with Crippen LogP contribution in [0.3, 0.4) is 0 Å². The van der Waals surface area contributed by atoms with Crippen LogP contribution < -0.4 is 0 Å². The Morgan fingerprint density at radius 3 is 2.52 bits per heavy atom. The van der Waals surface area contributed by atoms with Gasteiger partial charge in [-0.3, -0.25) is 9.59 Å². The zero-order chi connectivity index (χ0) is 17.0. The number of hydrogen-bond acceptors (Lipinski definition) is 3. The lowest BCUT2D eigenvalue weighted by Crippen LogP contribution is -2.49. The molecule has 0 saturated carbocycles. The topological polar surface area (TPSA) is 60.9 Å². The molecule has 0 aromatic heterocycles. The third-order valence-corrected chi connectivity index (χ3v) is 4.33. The highest BCUT2D eigenvalue weighted by molar-refractivity contribution is 5.90. The smallest absolute Gasteiger partial charge is 0.256 e. The molecule has 23 heavy (non-hydrogen) atoms. The third kappa shape index (κ3) is 3.79. The van der Waals surface area contributed by atoms with Crippen molar-refractivity contribution in [2.24, 2.45) is 0 Å². The van der Waals surface area contributed by atoms with E-state index in [9.17, 15) is 14.7 Å². The van der Waals surface area contributed by atoms with E-state index in [4.69, 9.17) is 0 Å². The maximum absolute atomic E-state index is 12.6. The van der Waals surface area contributed by atoms with E-state index in [1.807, 2.05) is 24.3 Å². The second kappa shape index (κ2) is 6.96. The number of β-amino-alcohol motifs (C(OH)–C–C–N with tert-alkyl or cyclic N) is 1. The van der Waals surface area contributed by atoms with Crippen molar-refractivity contribution in [2.75, 3.05) is 20.1 Å². The van der Waals surface area contributed by atoms with E-state index in [0.717, 1.165) is 12.0 Å². The number of hydrogen-bond donors (Lipinski definition) is 1. The van der Waals surface area contributed by atoms with Crippen LogP contribution in [0.5, 0.6) is 0 Å². The molecule has 1 aromatic carbocycles. The Labute approximate surface area is 137 Å². The molecule has 1 heterocycles. The molecule has 1 aliphatic heterocycles. The monoisotopic (exact) mass is 316 g/mol. The van der Waals surface area contributed by atoms with Crippen molar-refractivity contribution < 1.29 is 14.7 Å². The quantitative estimate of drug-likeness (QED) is 0.834. The van der Waals surface area contributed by atoms with Gasteiger partial charge in [0.05, 0.1) is 6.54 Å². The van der Waals surface area contributed by atoms with Crippen molar-refractivity contribution in [2.45, 2.75) is 31.9 Å². The van der Waals surface area contributed by atoms with E-state index in [-0.39, 0.29) is 24.8 Å². The fraction of sp³-hybridized carbons (Fsp3) is 0.444. The van der Waals surface area contributed by atoms with Gasteiger partial charge < -0.3 is 14.9 Å². The fourth-order valence-corrected chi connectivity index (χ4v) is 2.87. The molecule has 5 nitrogen and oxygen atoms in total. The number of benzene rings is 1. The molecule has 1 aliphatic rings. The summed E-state index contributed by atoms with van der Waals surface area (Å²) in [7, 11) is 1.67. The van der Waals surface area contributed by atoms with E-state index in [0.29, 0.717) is 13.1 Å². The van der Waals surface area contributed by atoms with Crippen LogP contribution in [0, 0.1) is 0 Å². The second-order valence-electron chi connectivity index (χ2n) is 6.08. The van der Waals surface area contributed by atoms with Crippen molar-refractivity contribution in [3.8, 4) is 0 Å². The van der Waals surface area contributed by atoms with Crippen LogP contribution in [0.2, 0.25) is 0 Å². The first kappa shape index (κ1) is 17.2. The average Bonchev–Trinajstić information content (AvgIpc) is 2.97.